The van der Waals surface area contributed by atoms with Gasteiger partial charge >= 0.3 is 5.97 Å². The minimum Gasteiger partial charge on any atom is -0.504 e. The molecule has 0 unspecified atom stereocenters. The van der Waals surface area contributed by atoms with E-state index in [1.165, 1.54) is 12.0 Å². The Kier molecular flexibility index (Phi) is 5.73. The Bertz CT molecular complexity index is 1170. The summed E-state index contributed by atoms with van der Waals surface area (Å²) in [6, 6.07) is 17.9. The van der Waals surface area contributed by atoms with Crippen molar-refractivity contribution in [3.63, 3.8) is 0 Å². The lowest BCUT2D eigenvalue weighted by Gasteiger charge is -2.41. The minimum absolute atomic E-state index is 0.134. The second-order valence-electron chi connectivity index (χ2n) is 7.53. The number of aliphatic carboxylic acids is 1. The monoisotopic (exact) mass is 433 g/mol. The van der Waals surface area contributed by atoms with Crippen molar-refractivity contribution in [2.45, 2.75) is 18.5 Å². The van der Waals surface area contributed by atoms with Gasteiger partial charge in [0, 0.05) is 17.7 Å². The first-order chi connectivity index (χ1) is 15.5. The molecule has 3 aromatic carbocycles. The number of hydrogen-bond donors (Lipinski definition) is 2. The third-order valence-corrected chi connectivity index (χ3v) is 5.76. The van der Waals surface area contributed by atoms with Crippen molar-refractivity contribution in [3.05, 3.63) is 89.0 Å². The zero-order valence-corrected chi connectivity index (χ0v) is 17.7. The molecule has 0 saturated heterocycles. The Balaban J connectivity index is 1.92. The molecule has 1 heterocycles. The van der Waals surface area contributed by atoms with E-state index < -0.39 is 17.9 Å². The third-order valence-electron chi connectivity index (χ3n) is 5.76. The van der Waals surface area contributed by atoms with Crippen LogP contribution in [0.3, 0.4) is 0 Å². The number of carboxylic acids is 1. The van der Waals surface area contributed by atoms with Crippen LogP contribution in [0.5, 0.6) is 17.2 Å². The van der Waals surface area contributed by atoms with E-state index in [4.69, 9.17) is 9.47 Å². The van der Waals surface area contributed by atoms with Crippen molar-refractivity contribution in [3.8, 4) is 17.2 Å². The number of fused-ring (bicyclic) bond motifs is 1. The van der Waals surface area contributed by atoms with E-state index in [9.17, 15) is 19.8 Å². The molecule has 0 fully saturated rings. The highest BCUT2D eigenvalue weighted by molar-refractivity contribution is 6.00. The van der Waals surface area contributed by atoms with Gasteiger partial charge in [-0.1, -0.05) is 42.5 Å². The number of carbonyl (C=O) groups is 2. The van der Waals surface area contributed by atoms with Gasteiger partial charge in [-0.15, -0.1) is 0 Å². The van der Waals surface area contributed by atoms with E-state index in [0.29, 0.717) is 22.4 Å². The van der Waals surface area contributed by atoms with Crippen LogP contribution >= 0.6 is 0 Å². The number of hydrogen-bond acceptors (Lipinski definition) is 5. The summed E-state index contributed by atoms with van der Waals surface area (Å²) in [6.07, 6.45) is 0. The highest BCUT2D eigenvalue weighted by Crippen LogP contribution is 2.47. The molecule has 32 heavy (non-hydrogen) atoms. The first kappa shape index (κ1) is 21.2. The van der Waals surface area contributed by atoms with Crippen molar-refractivity contribution >= 4 is 11.9 Å². The maximum absolute atomic E-state index is 13.6. The van der Waals surface area contributed by atoms with Crippen LogP contribution in [0.2, 0.25) is 0 Å². The van der Waals surface area contributed by atoms with Gasteiger partial charge in [-0.25, -0.2) is 0 Å². The minimum atomic E-state index is -1.09. The summed E-state index contributed by atoms with van der Waals surface area (Å²) in [5, 5.41) is 21.1. The highest BCUT2D eigenvalue weighted by atomic mass is 16.5. The number of carbonyl (C=O) groups excluding carboxylic acids is 1. The van der Waals surface area contributed by atoms with Crippen molar-refractivity contribution < 1.29 is 29.3 Å². The summed E-state index contributed by atoms with van der Waals surface area (Å²) in [5.74, 6) is -1.83. The van der Waals surface area contributed by atoms with Gasteiger partial charge in [-0.05, 0) is 35.4 Å². The zero-order chi connectivity index (χ0) is 22.8. The molecule has 1 aliphatic rings. The lowest BCUT2D eigenvalue weighted by Crippen LogP contribution is -2.44. The Hall–Kier alpha value is -4.00. The second kappa shape index (κ2) is 8.63. The van der Waals surface area contributed by atoms with Crippen LogP contribution in [0.1, 0.15) is 39.0 Å². The maximum Gasteiger partial charge on any atom is 0.313 e. The van der Waals surface area contributed by atoms with Crippen LogP contribution in [0.15, 0.2) is 66.7 Å². The molecule has 7 nitrogen and oxygen atoms in total. The summed E-state index contributed by atoms with van der Waals surface area (Å²) >= 11 is 0. The Morgan fingerprint density at radius 1 is 0.969 bits per heavy atom. The number of para-hydroxylation sites is 1. The van der Waals surface area contributed by atoms with Gasteiger partial charge in [0.25, 0.3) is 5.91 Å². The van der Waals surface area contributed by atoms with Crippen LogP contribution in [-0.4, -0.2) is 41.2 Å². The van der Waals surface area contributed by atoms with E-state index in [2.05, 4.69) is 0 Å². The van der Waals surface area contributed by atoms with Crippen molar-refractivity contribution in [1.29, 1.82) is 0 Å². The number of nitrogens with zero attached hydrogens (tertiary/aromatic N) is 1. The van der Waals surface area contributed by atoms with Gasteiger partial charge in [0.1, 0.15) is 11.7 Å². The molecule has 7 heteroatoms. The molecule has 0 bridgehead atoms. The molecular weight excluding hydrogens is 410 g/mol. The predicted molar refractivity (Wildman–Crippen MR) is 117 cm³/mol. The van der Waals surface area contributed by atoms with Crippen LogP contribution in [0.25, 0.3) is 0 Å². The van der Waals surface area contributed by atoms with E-state index >= 15 is 0 Å². The molecule has 2 atom stereocenters. The number of benzene rings is 3. The second-order valence-corrected chi connectivity index (χ2v) is 7.53. The largest absolute Gasteiger partial charge is 0.504 e. The third kappa shape index (κ3) is 3.62. The standard InChI is InChI=1S/C25H23NO6/c1-31-16-8-5-7-15(13-16)14-26-22(19-11-6-12-20(32-2)23(19)27)21(25(29)30)17-9-3-4-10-18(17)24(26)28/h3-13,21-22,27H,14H2,1-2H3,(H,29,30)/t21-,22-/m1/s1. The van der Waals surface area contributed by atoms with Gasteiger partial charge in [0.2, 0.25) is 0 Å². The number of methoxy groups -OCH3 is 2. The maximum atomic E-state index is 13.6. The van der Waals surface area contributed by atoms with Crippen LogP contribution < -0.4 is 9.47 Å². The highest BCUT2D eigenvalue weighted by Gasteiger charge is 2.45. The average Bonchev–Trinajstić information content (AvgIpc) is 2.81. The quantitative estimate of drug-likeness (QED) is 0.611. The van der Waals surface area contributed by atoms with Gasteiger partial charge in [-0.2, -0.15) is 0 Å². The van der Waals surface area contributed by atoms with Crippen LogP contribution in [0, 0.1) is 0 Å². The first-order valence-corrected chi connectivity index (χ1v) is 10.1. The summed E-state index contributed by atoms with van der Waals surface area (Å²) < 4.78 is 10.5. The summed E-state index contributed by atoms with van der Waals surface area (Å²) in [7, 11) is 2.97. The fourth-order valence-corrected chi connectivity index (χ4v) is 4.29. The molecule has 0 saturated carbocycles. The number of aromatic hydroxyl groups is 1. The smallest absolute Gasteiger partial charge is 0.313 e. The molecule has 0 aromatic heterocycles. The fraction of sp³-hybridized carbons (Fsp3) is 0.200. The summed E-state index contributed by atoms with van der Waals surface area (Å²) in [6.45, 7) is 0.134. The summed E-state index contributed by atoms with van der Waals surface area (Å²) in [4.78, 5) is 27.6. The number of ether oxygens (including phenoxy) is 2. The molecular formula is C25H23NO6. The molecule has 0 aliphatic carbocycles. The van der Waals surface area contributed by atoms with E-state index in [0.717, 1.165) is 5.56 Å². The number of phenolic OH excluding ortho intramolecular Hbond substituents is 1. The predicted octanol–water partition coefficient (Wildman–Crippen LogP) is 3.97. The SMILES string of the molecule is COc1cccc(CN2C(=O)c3ccccc3[C@@H](C(=O)O)[C@H]2c2cccc(OC)c2O)c1. The van der Waals surface area contributed by atoms with Gasteiger partial charge in [0.05, 0.1) is 20.3 Å². The van der Waals surface area contributed by atoms with Crippen molar-refractivity contribution in [1.82, 2.24) is 4.90 Å². The van der Waals surface area contributed by atoms with E-state index in [1.54, 1.807) is 61.7 Å². The number of phenols is 1. The molecule has 1 aliphatic heterocycles. The Labute approximate surface area is 185 Å². The number of rotatable bonds is 6. The normalized spacial score (nSPS) is 17.6. The summed E-state index contributed by atoms with van der Waals surface area (Å²) in [5.41, 5.74) is 1.83. The lowest BCUT2D eigenvalue weighted by atomic mass is 9.79. The van der Waals surface area contributed by atoms with Crippen LogP contribution in [-0.2, 0) is 11.3 Å². The lowest BCUT2D eigenvalue weighted by molar-refractivity contribution is -0.140. The molecule has 3 aromatic rings. The van der Waals surface area contributed by atoms with Crippen LogP contribution in [0.4, 0.5) is 0 Å². The van der Waals surface area contributed by atoms with Crippen molar-refractivity contribution in [2.75, 3.05) is 14.2 Å². The fourth-order valence-electron chi connectivity index (χ4n) is 4.29. The Morgan fingerprint density at radius 3 is 2.41 bits per heavy atom. The zero-order valence-electron chi connectivity index (χ0n) is 17.7. The number of carboxylic acid groups (broad SMARTS) is 1. The van der Waals surface area contributed by atoms with Gasteiger partial charge in [0.15, 0.2) is 11.5 Å². The number of amides is 1. The topological polar surface area (TPSA) is 96.3 Å². The van der Waals surface area contributed by atoms with Gasteiger partial charge in [-0.3, -0.25) is 9.59 Å². The molecule has 2 N–H and O–H groups in total. The van der Waals surface area contributed by atoms with E-state index in [-0.39, 0.29) is 24.0 Å². The first-order valence-electron chi connectivity index (χ1n) is 10.1. The van der Waals surface area contributed by atoms with Gasteiger partial charge < -0.3 is 24.6 Å². The Morgan fingerprint density at radius 2 is 1.69 bits per heavy atom. The molecule has 0 radical (unpaired) electrons. The molecule has 0 spiro atoms. The molecule has 1 amide bonds. The van der Waals surface area contributed by atoms with E-state index in [1.807, 2.05) is 12.1 Å². The average molecular weight is 433 g/mol. The molecule has 4 rings (SSSR count). The molecule has 164 valence electrons. The van der Waals surface area contributed by atoms with Crippen molar-refractivity contribution in [2.24, 2.45) is 0 Å².